The number of hydrogen-bond donors (Lipinski definition) is 0. The topological polar surface area (TPSA) is 0 Å². The maximum Gasteiger partial charge on any atom is 0 e. The van der Waals surface area contributed by atoms with Crippen LogP contribution in [0, 0.1) is 187 Å². The van der Waals surface area contributed by atoms with Crippen molar-refractivity contribution in [2.45, 2.75) is 0 Å². The number of rotatable bonds is 0. The third-order valence-corrected chi connectivity index (χ3v) is 0. The monoisotopic (exact) mass is 1520 g/mol. The predicted molar refractivity (Wildman–Crippen MR) is 0 cm³/mol. The van der Waals surface area contributed by atoms with E-state index in [1.54, 1.807) is 0 Å². The van der Waals surface area contributed by atoms with Gasteiger partial charge in [0, 0.05) is 219 Å². The van der Waals surface area contributed by atoms with Gasteiger partial charge in [0.1, 0.15) is 0 Å². The van der Waals surface area contributed by atoms with E-state index in [1.807, 2.05) is 0 Å². The summed E-state index contributed by atoms with van der Waals surface area (Å²) in [5, 5.41) is 0. The van der Waals surface area contributed by atoms with Crippen LogP contribution in [0.4, 0.5) is 0 Å². The Morgan fingerprint density at radius 2 is 0.286 bits per heavy atom. The second kappa shape index (κ2) is 37.6. The second-order valence-corrected chi connectivity index (χ2v) is 0. The van der Waals surface area contributed by atoms with Crippen LogP contribution in [0.3, 0.4) is 0 Å². The Labute approximate surface area is 212 Å². The molecule has 7 heteroatoms. The zero-order chi connectivity index (χ0) is 0. The Bertz CT molecular complexity index is 4.14. The normalized spacial score (nSPS) is 0. The molecule has 0 rings (SSSR count). The molecule has 0 unspecified atom stereocenters. The molecule has 0 saturated heterocycles. The molecule has 0 aromatic carbocycles. The van der Waals surface area contributed by atoms with Gasteiger partial charge in [-0.15, -0.1) is 0 Å². The summed E-state index contributed by atoms with van der Waals surface area (Å²) in [6.45, 7) is 0. The molecule has 0 aliphatic carbocycles. The van der Waals surface area contributed by atoms with Crippen molar-refractivity contribution in [3.05, 3.63) is 0 Å². The SMILES string of the molecule is [U].[U].[U].[U].[U].[U].[Y]. The minimum absolute atomic E-state index is 0. The van der Waals surface area contributed by atoms with Gasteiger partial charge >= 0.3 is 0 Å². The first-order chi connectivity index (χ1) is 0. The van der Waals surface area contributed by atoms with Gasteiger partial charge in [0.05, 0.1) is 0 Å². The summed E-state index contributed by atoms with van der Waals surface area (Å²) in [4.78, 5) is 0. The van der Waals surface area contributed by atoms with Crippen molar-refractivity contribution >= 4 is 0 Å². The molecule has 0 atom stereocenters. The van der Waals surface area contributed by atoms with E-state index in [0.717, 1.165) is 0 Å². The molecule has 0 aliphatic rings. The molecule has 0 saturated carbocycles. The summed E-state index contributed by atoms with van der Waals surface area (Å²) in [7, 11) is 0. The van der Waals surface area contributed by atoms with Gasteiger partial charge in [0.25, 0.3) is 0 Å². The van der Waals surface area contributed by atoms with Crippen molar-refractivity contribution in [3.63, 3.8) is 0 Å². The van der Waals surface area contributed by atoms with Gasteiger partial charge < -0.3 is 0 Å². The molecule has 7 heavy (non-hydrogen) atoms. The average Bonchev–Trinajstić information content (AvgIpc) is 0. The van der Waals surface area contributed by atoms with Crippen LogP contribution in [0.5, 0.6) is 0 Å². The first kappa shape index (κ1) is 47.2. The predicted octanol–water partition coefficient (Wildman–Crippen LogP) is -0.00250. The standard InChI is InChI=1S/6U.Y. The zero-order valence-electron chi connectivity index (χ0n) is 3.58. The Morgan fingerprint density at radius 3 is 0.286 bits per heavy atom. The largest absolute Gasteiger partial charge is 0 e. The van der Waals surface area contributed by atoms with E-state index >= 15 is 0 Å². The maximum atomic E-state index is 0. The van der Waals surface area contributed by atoms with Gasteiger partial charge in [-0.3, -0.25) is 0 Å². The van der Waals surface area contributed by atoms with Crippen LogP contribution in [0.25, 0.3) is 0 Å². The van der Waals surface area contributed by atoms with Crippen molar-refractivity contribution in [1.82, 2.24) is 0 Å². The van der Waals surface area contributed by atoms with E-state index < -0.39 is 0 Å². The minimum atomic E-state index is 0. The summed E-state index contributed by atoms with van der Waals surface area (Å²) in [6.07, 6.45) is 0. The van der Waals surface area contributed by atoms with Crippen LogP contribution in [0.15, 0.2) is 0 Å². The molecule has 0 spiro atoms. The van der Waals surface area contributed by atoms with Gasteiger partial charge in [0.2, 0.25) is 0 Å². The van der Waals surface area contributed by atoms with Crippen LogP contribution in [-0.2, 0) is 32.7 Å². The first-order valence-corrected chi connectivity index (χ1v) is 0. The summed E-state index contributed by atoms with van der Waals surface area (Å²) >= 11 is 0. The van der Waals surface area contributed by atoms with Crippen molar-refractivity contribution in [1.29, 1.82) is 0 Å². The molecule has 0 amide bonds. The van der Waals surface area contributed by atoms with Crippen molar-refractivity contribution in [2.24, 2.45) is 0 Å². The maximum absolute atomic E-state index is 0. The summed E-state index contributed by atoms with van der Waals surface area (Å²) in [5.74, 6) is 0. The van der Waals surface area contributed by atoms with E-state index in [1.165, 1.54) is 0 Å². The molecule has 0 aliphatic heterocycles. The minimum Gasteiger partial charge on any atom is 0 e. The third kappa shape index (κ3) is 31.8. The molecular weight excluding hydrogens is 1520 g/mol. The van der Waals surface area contributed by atoms with E-state index in [-0.39, 0.29) is 219 Å². The van der Waals surface area contributed by atoms with Gasteiger partial charge in [-0.1, -0.05) is 0 Å². The zero-order valence-corrected chi connectivity index (χ0v) is 31.4. The molecule has 0 heterocycles. The fraction of sp³-hybridized carbons (Fsp3) is 0. The quantitative estimate of drug-likeness (QED) is 0.321. The molecule has 0 N–H and O–H groups in total. The Hall–Kier alpha value is 7.42. The Kier molecular flexibility index (Phi) is 253. The van der Waals surface area contributed by atoms with Gasteiger partial charge in [0.15, 0.2) is 0 Å². The summed E-state index contributed by atoms with van der Waals surface area (Å²) < 4.78 is 0. The Morgan fingerprint density at radius 1 is 0.286 bits per heavy atom. The van der Waals surface area contributed by atoms with Crippen LogP contribution < -0.4 is 0 Å². The Balaban J connectivity index is 0. The fourth-order valence-corrected chi connectivity index (χ4v) is 0. The van der Waals surface area contributed by atoms with Gasteiger partial charge in [-0.25, -0.2) is 0 Å². The molecule has 0 aromatic rings. The molecule has 0 aromatic heterocycles. The van der Waals surface area contributed by atoms with E-state index in [2.05, 4.69) is 0 Å². The van der Waals surface area contributed by atoms with Crippen LogP contribution in [0.1, 0.15) is 0 Å². The van der Waals surface area contributed by atoms with Crippen molar-refractivity contribution in [2.75, 3.05) is 0 Å². The average molecular weight is 1520 g/mol. The third-order valence-electron chi connectivity index (χ3n) is 0. The molecule has 1 radical (unpaired) electrons. The summed E-state index contributed by atoms with van der Waals surface area (Å²) in [6, 6.07) is 0. The van der Waals surface area contributed by atoms with Crippen LogP contribution in [-0.4, -0.2) is 0 Å². The molecule has 0 bridgehead atoms. The molecule has 0 nitrogen and oxygen atoms in total. The smallest absolute Gasteiger partial charge is 0 e. The van der Waals surface area contributed by atoms with Gasteiger partial charge in [-0.05, 0) is 0 Å². The fourth-order valence-electron chi connectivity index (χ4n) is 0. The van der Waals surface area contributed by atoms with Crippen LogP contribution in [0.2, 0.25) is 0 Å². The van der Waals surface area contributed by atoms with Crippen molar-refractivity contribution < 1.29 is 219 Å². The number of hydrogen-bond acceptors (Lipinski definition) is 0. The molecule has 0 fully saturated rings. The summed E-state index contributed by atoms with van der Waals surface area (Å²) in [5.41, 5.74) is 0. The van der Waals surface area contributed by atoms with Crippen molar-refractivity contribution in [3.8, 4) is 0 Å². The molecular formula is U6Y. The van der Waals surface area contributed by atoms with Crippen LogP contribution >= 0.6 is 0 Å². The second-order valence-electron chi connectivity index (χ2n) is 0. The molecule has 27 valence electrons. The van der Waals surface area contributed by atoms with E-state index in [4.69, 9.17) is 0 Å². The van der Waals surface area contributed by atoms with Gasteiger partial charge in [-0.2, -0.15) is 0 Å². The van der Waals surface area contributed by atoms with E-state index in [9.17, 15) is 0 Å². The van der Waals surface area contributed by atoms with E-state index in [0.29, 0.717) is 0 Å². The first-order valence-electron chi connectivity index (χ1n) is 0.